The third-order valence-corrected chi connectivity index (χ3v) is 5.41. The SMILES string of the molecule is NCCN(C1CCOCC1)S(=O)(=O)c1ccc(F)cc1F. The number of nitrogens with zero attached hydrogens (tertiary/aromatic N) is 1. The second-order valence-corrected chi connectivity index (χ2v) is 6.68. The van der Waals surface area contributed by atoms with E-state index in [1.54, 1.807) is 0 Å². The van der Waals surface area contributed by atoms with Crippen LogP contribution in [-0.4, -0.2) is 45.1 Å². The largest absolute Gasteiger partial charge is 0.381 e. The highest BCUT2D eigenvalue weighted by Crippen LogP contribution is 2.25. The highest BCUT2D eigenvalue weighted by atomic mass is 32.2. The van der Waals surface area contributed by atoms with E-state index < -0.39 is 26.6 Å². The quantitative estimate of drug-likeness (QED) is 0.881. The molecule has 21 heavy (non-hydrogen) atoms. The molecule has 0 aliphatic carbocycles. The molecule has 0 unspecified atom stereocenters. The lowest BCUT2D eigenvalue weighted by molar-refractivity contribution is 0.0590. The fraction of sp³-hybridized carbons (Fsp3) is 0.538. The van der Waals surface area contributed by atoms with Crippen molar-refractivity contribution in [1.82, 2.24) is 4.31 Å². The molecular formula is C13H18F2N2O3S. The molecule has 2 rings (SSSR count). The van der Waals surface area contributed by atoms with E-state index in [2.05, 4.69) is 0 Å². The standard InChI is InChI=1S/C13H18F2N2O3S/c14-10-1-2-13(12(15)9-10)21(18,19)17(6-5-16)11-3-7-20-8-4-11/h1-2,9,11H,3-8,16H2. The second-order valence-electron chi connectivity index (χ2n) is 4.82. The zero-order chi connectivity index (χ0) is 15.5. The van der Waals surface area contributed by atoms with Crippen LogP contribution in [0.15, 0.2) is 23.1 Å². The molecule has 0 saturated carbocycles. The van der Waals surface area contributed by atoms with Gasteiger partial charge >= 0.3 is 0 Å². The molecule has 0 amide bonds. The summed E-state index contributed by atoms with van der Waals surface area (Å²) in [7, 11) is -4.05. The molecule has 2 N–H and O–H groups in total. The van der Waals surface area contributed by atoms with Gasteiger partial charge in [-0.1, -0.05) is 0 Å². The number of hydrogen-bond acceptors (Lipinski definition) is 4. The van der Waals surface area contributed by atoms with E-state index in [4.69, 9.17) is 10.5 Å². The van der Waals surface area contributed by atoms with E-state index in [0.29, 0.717) is 32.1 Å². The van der Waals surface area contributed by atoms with E-state index in [1.165, 1.54) is 4.31 Å². The first-order valence-corrected chi connectivity index (χ1v) is 8.15. The van der Waals surface area contributed by atoms with Gasteiger partial charge in [0.1, 0.15) is 16.5 Å². The van der Waals surface area contributed by atoms with E-state index in [9.17, 15) is 17.2 Å². The number of ether oxygens (including phenoxy) is 1. The average molecular weight is 320 g/mol. The van der Waals surface area contributed by atoms with Gasteiger partial charge in [-0.2, -0.15) is 4.31 Å². The number of sulfonamides is 1. The van der Waals surface area contributed by atoms with E-state index in [1.807, 2.05) is 0 Å². The third-order valence-electron chi connectivity index (χ3n) is 3.43. The number of benzene rings is 1. The van der Waals surface area contributed by atoms with Gasteiger partial charge in [0.05, 0.1) is 0 Å². The van der Waals surface area contributed by atoms with Crippen LogP contribution in [0.25, 0.3) is 0 Å². The molecule has 1 aromatic rings. The predicted molar refractivity (Wildman–Crippen MR) is 73.1 cm³/mol. The molecule has 1 aromatic carbocycles. The lowest BCUT2D eigenvalue weighted by Crippen LogP contribution is -2.45. The summed E-state index contributed by atoms with van der Waals surface area (Å²) in [5, 5.41) is 0. The van der Waals surface area contributed by atoms with Crippen molar-refractivity contribution >= 4 is 10.0 Å². The van der Waals surface area contributed by atoms with Crippen LogP contribution in [-0.2, 0) is 14.8 Å². The summed E-state index contributed by atoms with van der Waals surface area (Å²) >= 11 is 0. The molecule has 118 valence electrons. The molecule has 8 heteroatoms. The first-order valence-electron chi connectivity index (χ1n) is 6.71. The van der Waals surface area contributed by atoms with Gasteiger partial charge in [0.2, 0.25) is 10.0 Å². The van der Waals surface area contributed by atoms with Gasteiger partial charge in [0, 0.05) is 38.4 Å². The molecule has 0 spiro atoms. The van der Waals surface area contributed by atoms with Crippen molar-refractivity contribution in [3.63, 3.8) is 0 Å². The van der Waals surface area contributed by atoms with Gasteiger partial charge in [0.25, 0.3) is 0 Å². The van der Waals surface area contributed by atoms with Crippen molar-refractivity contribution in [3.8, 4) is 0 Å². The summed E-state index contributed by atoms with van der Waals surface area (Å²) < 4.78 is 58.4. The summed E-state index contributed by atoms with van der Waals surface area (Å²) in [6.45, 7) is 1.11. The maximum Gasteiger partial charge on any atom is 0.246 e. The topological polar surface area (TPSA) is 72.6 Å². The van der Waals surface area contributed by atoms with Crippen molar-refractivity contribution in [2.24, 2.45) is 5.73 Å². The maximum absolute atomic E-state index is 13.8. The monoisotopic (exact) mass is 320 g/mol. The van der Waals surface area contributed by atoms with Crippen LogP contribution in [0.2, 0.25) is 0 Å². The minimum absolute atomic E-state index is 0.0871. The minimum Gasteiger partial charge on any atom is -0.381 e. The predicted octanol–water partition coefficient (Wildman–Crippen LogP) is 1.09. The second kappa shape index (κ2) is 6.78. The number of nitrogens with two attached hydrogens (primary N) is 1. The van der Waals surface area contributed by atoms with Gasteiger partial charge in [-0.15, -0.1) is 0 Å². The molecule has 1 aliphatic rings. The normalized spacial score (nSPS) is 17.3. The molecule has 0 radical (unpaired) electrons. The zero-order valence-corrected chi connectivity index (χ0v) is 12.3. The molecular weight excluding hydrogens is 302 g/mol. The van der Waals surface area contributed by atoms with Crippen molar-refractivity contribution in [1.29, 1.82) is 0 Å². The Kier molecular flexibility index (Phi) is 5.26. The zero-order valence-electron chi connectivity index (χ0n) is 11.5. The highest BCUT2D eigenvalue weighted by Gasteiger charge is 2.33. The Balaban J connectivity index is 2.36. The lowest BCUT2D eigenvalue weighted by Gasteiger charge is -2.33. The van der Waals surface area contributed by atoms with Crippen LogP contribution in [0, 0.1) is 11.6 Å². The Hall–Kier alpha value is -1.09. The summed E-state index contributed by atoms with van der Waals surface area (Å²) in [5.74, 6) is -1.91. The first kappa shape index (κ1) is 16.3. The summed E-state index contributed by atoms with van der Waals surface area (Å²) in [5.41, 5.74) is 5.48. The molecule has 5 nitrogen and oxygen atoms in total. The molecule has 1 heterocycles. The Morgan fingerprint density at radius 3 is 2.52 bits per heavy atom. The number of rotatable bonds is 5. The molecule has 0 atom stereocenters. The van der Waals surface area contributed by atoms with E-state index in [0.717, 1.165) is 12.1 Å². The minimum atomic E-state index is -4.05. The summed E-state index contributed by atoms with van der Waals surface area (Å²) in [6.07, 6.45) is 1.06. The van der Waals surface area contributed by atoms with Crippen molar-refractivity contribution in [3.05, 3.63) is 29.8 Å². The van der Waals surface area contributed by atoms with Crippen LogP contribution < -0.4 is 5.73 Å². The van der Waals surface area contributed by atoms with Gasteiger partial charge < -0.3 is 10.5 Å². The van der Waals surface area contributed by atoms with E-state index >= 15 is 0 Å². The summed E-state index contributed by atoms with van der Waals surface area (Å²) in [6, 6.07) is 2.16. The van der Waals surface area contributed by atoms with Gasteiger partial charge in [-0.05, 0) is 25.0 Å². The number of hydrogen-bond donors (Lipinski definition) is 1. The van der Waals surface area contributed by atoms with Crippen molar-refractivity contribution in [2.45, 2.75) is 23.8 Å². The molecule has 1 saturated heterocycles. The summed E-state index contributed by atoms with van der Waals surface area (Å²) in [4.78, 5) is -0.524. The van der Waals surface area contributed by atoms with Crippen LogP contribution in [0.3, 0.4) is 0 Å². The van der Waals surface area contributed by atoms with Crippen molar-refractivity contribution in [2.75, 3.05) is 26.3 Å². The molecule has 0 bridgehead atoms. The average Bonchev–Trinajstić information content (AvgIpc) is 2.45. The van der Waals surface area contributed by atoms with Crippen LogP contribution in [0.4, 0.5) is 8.78 Å². The van der Waals surface area contributed by atoms with Gasteiger partial charge in [-0.3, -0.25) is 0 Å². The molecule has 0 aromatic heterocycles. The lowest BCUT2D eigenvalue weighted by atomic mass is 10.1. The fourth-order valence-electron chi connectivity index (χ4n) is 2.41. The van der Waals surface area contributed by atoms with Gasteiger partial charge in [0.15, 0.2) is 0 Å². The maximum atomic E-state index is 13.8. The van der Waals surface area contributed by atoms with Crippen molar-refractivity contribution < 1.29 is 21.9 Å². The Labute approximate surface area is 122 Å². The highest BCUT2D eigenvalue weighted by molar-refractivity contribution is 7.89. The van der Waals surface area contributed by atoms with E-state index in [-0.39, 0.29) is 19.1 Å². The Morgan fingerprint density at radius 2 is 1.95 bits per heavy atom. The fourth-order valence-corrected chi connectivity index (χ4v) is 4.16. The Morgan fingerprint density at radius 1 is 1.29 bits per heavy atom. The smallest absolute Gasteiger partial charge is 0.246 e. The molecule has 1 fully saturated rings. The van der Waals surface area contributed by atoms with Crippen LogP contribution in [0.1, 0.15) is 12.8 Å². The molecule has 1 aliphatic heterocycles. The third kappa shape index (κ3) is 3.57. The first-order chi connectivity index (χ1) is 9.96. The van der Waals surface area contributed by atoms with Crippen LogP contribution in [0.5, 0.6) is 0 Å². The van der Waals surface area contributed by atoms with Gasteiger partial charge in [-0.25, -0.2) is 17.2 Å². The van der Waals surface area contributed by atoms with Crippen LogP contribution >= 0.6 is 0 Å². The Bertz CT molecular complexity index is 589. The number of halogens is 2.